The third-order valence-corrected chi connectivity index (χ3v) is 5.53. The predicted molar refractivity (Wildman–Crippen MR) is 80.1 cm³/mol. The third kappa shape index (κ3) is 2.73. The summed E-state index contributed by atoms with van der Waals surface area (Å²) in [5.74, 6) is 2.41. The number of piperidine rings is 1. The molecule has 21 heavy (non-hydrogen) atoms. The molecule has 3 aliphatic rings. The summed E-state index contributed by atoms with van der Waals surface area (Å²) in [6, 6.07) is 1.07. The zero-order valence-corrected chi connectivity index (χ0v) is 12.8. The average Bonchev–Trinajstić information content (AvgIpc) is 3.27. The van der Waals surface area contributed by atoms with Gasteiger partial charge in [0.15, 0.2) is 5.82 Å². The standard InChI is InChI=1S/C16H26N4O/c1-2-5-12(4-1)15-18-16(21-19-15)14-6-3-11-20(14)13-7-9-17-10-8-13/h12-14,17H,1-11H2. The number of hydrogen-bond donors (Lipinski definition) is 1. The number of nitrogens with one attached hydrogen (secondary N) is 1. The summed E-state index contributed by atoms with van der Waals surface area (Å²) in [5, 5.41) is 7.75. The van der Waals surface area contributed by atoms with Gasteiger partial charge in [0.2, 0.25) is 5.89 Å². The first-order valence-electron chi connectivity index (χ1n) is 8.72. The van der Waals surface area contributed by atoms with Crippen molar-refractivity contribution in [3.63, 3.8) is 0 Å². The van der Waals surface area contributed by atoms with Crippen molar-refractivity contribution in [3.8, 4) is 0 Å². The molecular weight excluding hydrogens is 264 g/mol. The molecule has 3 heterocycles. The molecule has 1 N–H and O–H groups in total. The zero-order chi connectivity index (χ0) is 14.1. The Kier molecular flexibility index (Phi) is 3.95. The first kappa shape index (κ1) is 13.7. The number of aromatic nitrogens is 2. The molecule has 1 atom stereocenters. The van der Waals surface area contributed by atoms with E-state index < -0.39 is 0 Å². The molecule has 0 radical (unpaired) electrons. The molecule has 1 aromatic rings. The summed E-state index contributed by atoms with van der Waals surface area (Å²) >= 11 is 0. The van der Waals surface area contributed by atoms with Crippen LogP contribution in [0.15, 0.2) is 4.52 Å². The van der Waals surface area contributed by atoms with Gasteiger partial charge in [0.05, 0.1) is 6.04 Å². The van der Waals surface area contributed by atoms with E-state index in [1.165, 1.54) is 57.9 Å². The monoisotopic (exact) mass is 290 g/mol. The van der Waals surface area contributed by atoms with Gasteiger partial charge in [-0.15, -0.1) is 0 Å². The van der Waals surface area contributed by atoms with E-state index in [2.05, 4.69) is 15.4 Å². The maximum absolute atomic E-state index is 5.66. The first-order valence-corrected chi connectivity index (χ1v) is 8.72. The van der Waals surface area contributed by atoms with Crippen molar-refractivity contribution in [3.05, 3.63) is 11.7 Å². The van der Waals surface area contributed by atoms with Crippen LogP contribution >= 0.6 is 0 Å². The van der Waals surface area contributed by atoms with Gasteiger partial charge in [0, 0.05) is 12.0 Å². The Morgan fingerprint density at radius 2 is 1.81 bits per heavy atom. The third-order valence-electron chi connectivity index (χ3n) is 5.53. The fourth-order valence-electron chi connectivity index (χ4n) is 4.36. The van der Waals surface area contributed by atoms with E-state index in [1.54, 1.807) is 0 Å². The second kappa shape index (κ2) is 6.05. The molecule has 2 aliphatic heterocycles. The van der Waals surface area contributed by atoms with Gasteiger partial charge in [-0.05, 0) is 58.2 Å². The molecule has 3 fully saturated rings. The quantitative estimate of drug-likeness (QED) is 0.927. The molecule has 0 amide bonds. The van der Waals surface area contributed by atoms with Crippen molar-refractivity contribution >= 4 is 0 Å². The lowest BCUT2D eigenvalue weighted by Crippen LogP contribution is -2.42. The summed E-state index contributed by atoms with van der Waals surface area (Å²) in [5.41, 5.74) is 0. The number of rotatable bonds is 3. The van der Waals surface area contributed by atoms with Crippen LogP contribution in [-0.2, 0) is 0 Å². The highest BCUT2D eigenvalue weighted by Crippen LogP contribution is 2.37. The molecule has 0 bridgehead atoms. The van der Waals surface area contributed by atoms with Crippen molar-refractivity contribution in [2.75, 3.05) is 19.6 Å². The lowest BCUT2D eigenvalue weighted by Gasteiger charge is -2.34. The predicted octanol–water partition coefficient (Wildman–Crippen LogP) is 2.62. The molecule has 116 valence electrons. The minimum atomic E-state index is 0.371. The smallest absolute Gasteiger partial charge is 0.244 e. The largest absolute Gasteiger partial charge is 0.338 e. The van der Waals surface area contributed by atoms with E-state index in [9.17, 15) is 0 Å². The minimum absolute atomic E-state index is 0.371. The summed E-state index contributed by atoms with van der Waals surface area (Å²) in [4.78, 5) is 7.42. The molecule has 4 rings (SSSR count). The second-order valence-corrected chi connectivity index (χ2v) is 6.85. The minimum Gasteiger partial charge on any atom is -0.338 e. The van der Waals surface area contributed by atoms with E-state index in [4.69, 9.17) is 9.51 Å². The van der Waals surface area contributed by atoms with Gasteiger partial charge in [-0.2, -0.15) is 4.98 Å². The Hall–Kier alpha value is -0.940. The molecule has 1 aromatic heterocycles. The Balaban J connectivity index is 1.48. The SMILES string of the molecule is C1CCC(c2noc(C3CCCN3C3CCNCC3)n2)C1. The molecule has 0 aromatic carbocycles. The highest BCUT2D eigenvalue weighted by atomic mass is 16.5. The lowest BCUT2D eigenvalue weighted by atomic mass is 10.0. The molecule has 1 saturated carbocycles. The van der Waals surface area contributed by atoms with Crippen molar-refractivity contribution in [1.29, 1.82) is 0 Å². The number of likely N-dealkylation sites (tertiary alicyclic amines) is 1. The van der Waals surface area contributed by atoms with Gasteiger partial charge >= 0.3 is 0 Å². The average molecular weight is 290 g/mol. The Bertz CT molecular complexity index is 463. The summed E-state index contributed by atoms with van der Waals surface area (Å²) < 4.78 is 5.66. The van der Waals surface area contributed by atoms with E-state index in [0.29, 0.717) is 18.0 Å². The maximum atomic E-state index is 5.66. The van der Waals surface area contributed by atoms with E-state index in [1.807, 2.05) is 0 Å². The fraction of sp³-hybridized carbons (Fsp3) is 0.875. The van der Waals surface area contributed by atoms with E-state index in [0.717, 1.165) is 24.8 Å². The lowest BCUT2D eigenvalue weighted by molar-refractivity contribution is 0.126. The summed E-state index contributed by atoms with van der Waals surface area (Å²) in [6.45, 7) is 3.48. The van der Waals surface area contributed by atoms with Crippen LogP contribution in [0.25, 0.3) is 0 Å². The normalized spacial score (nSPS) is 29.4. The molecule has 0 spiro atoms. The van der Waals surface area contributed by atoms with Gasteiger partial charge in [-0.25, -0.2) is 0 Å². The van der Waals surface area contributed by atoms with Gasteiger partial charge in [-0.1, -0.05) is 18.0 Å². The number of hydrogen-bond acceptors (Lipinski definition) is 5. The van der Waals surface area contributed by atoms with Crippen molar-refractivity contribution in [2.24, 2.45) is 0 Å². The molecule has 1 aliphatic carbocycles. The highest BCUT2D eigenvalue weighted by Gasteiger charge is 2.36. The van der Waals surface area contributed by atoms with Crippen molar-refractivity contribution < 1.29 is 4.52 Å². The molecule has 1 unspecified atom stereocenters. The van der Waals surface area contributed by atoms with Crippen LogP contribution in [0.2, 0.25) is 0 Å². The van der Waals surface area contributed by atoms with Crippen LogP contribution in [-0.4, -0.2) is 40.7 Å². The topological polar surface area (TPSA) is 54.2 Å². The number of nitrogens with zero attached hydrogens (tertiary/aromatic N) is 3. The molecule has 5 nitrogen and oxygen atoms in total. The maximum Gasteiger partial charge on any atom is 0.244 e. The van der Waals surface area contributed by atoms with Crippen LogP contribution < -0.4 is 5.32 Å². The molecule has 2 saturated heterocycles. The molecular formula is C16H26N4O. The van der Waals surface area contributed by atoms with Crippen molar-refractivity contribution in [2.45, 2.75) is 69.4 Å². The van der Waals surface area contributed by atoms with Crippen LogP contribution in [0.1, 0.15) is 75.0 Å². The van der Waals surface area contributed by atoms with Gasteiger partial charge in [-0.3, -0.25) is 4.90 Å². The summed E-state index contributed by atoms with van der Waals surface area (Å²) in [6.07, 6.45) is 10.0. The van der Waals surface area contributed by atoms with E-state index in [-0.39, 0.29) is 0 Å². The van der Waals surface area contributed by atoms with Crippen LogP contribution in [0.5, 0.6) is 0 Å². The van der Waals surface area contributed by atoms with Crippen molar-refractivity contribution in [1.82, 2.24) is 20.4 Å². The summed E-state index contributed by atoms with van der Waals surface area (Å²) in [7, 11) is 0. The Labute approximate surface area is 126 Å². The van der Waals surface area contributed by atoms with Gasteiger partial charge < -0.3 is 9.84 Å². The van der Waals surface area contributed by atoms with Crippen LogP contribution in [0, 0.1) is 0 Å². The Morgan fingerprint density at radius 1 is 1.00 bits per heavy atom. The Morgan fingerprint density at radius 3 is 2.62 bits per heavy atom. The van der Waals surface area contributed by atoms with Gasteiger partial charge in [0.25, 0.3) is 0 Å². The van der Waals surface area contributed by atoms with Gasteiger partial charge in [0.1, 0.15) is 0 Å². The zero-order valence-electron chi connectivity index (χ0n) is 12.8. The first-order chi connectivity index (χ1) is 10.4. The van der Waals surface area contributed by atoms with Crippen LogP contribution in [0.4, 0.5) is 0 Å². The highest BCUT2D eigenvalue weighted by molar-refractivity contribution is 5.03. The van der Waals surface area contributed by atoms with E-state index >= 15 is 0 Å². The second-order valence-electron chi connectivity index (χ2n) is 6.85. The van der Waals surface area contributed by atoms with Crippen LogP contribution in [0.3, 0.4) is 0 Å². The fourth-order valence-corrected chi connectivity index (χ4v) is 4.36. The molecule has 5 heteroatoms.